The molecule has 0 bridgehead atoms. The van der Waals surface area contributed by atoms with E-state index >= 15 is 0 Å². The minimum atomic E-state index is -0.948. The van der Waals surface area contributed by atoms with Crippen LogP contribution in [0.15, 0.2) is 18.2 Å². The summed E-state index contributed by atoms with van der Waals surface area (Å²) in [6.45, 7) is 8.22. The molecule has 2 amide bonds. The lowest BCUT2D eigenvalue weighted by Crippen LogP contribution is -2.52. The van der Waals surface area contributed by atoms with Gasteiger partial charge in [-0.15, -0.1) is 0 Å². The Kier molecular flexibility index (Phi) is 7.71. The van der Waals surface area contributed by atoms with Gasteiger partial charge in [-0.25, -0.2) is 8.78 Å². The summed E-state index contributed by atoms with van der Waals surface area (Å²) in [6, 6.07) is 2.66. The third-order valence-corrected chi connectivity index (χ3v) is 4.95. The van der Waals surface area contributed by atoms with Crippen LogP contribution in [0.4, 0.5) is 8.78 Å². The molecule has 0 aliphatic carbocycles. The van der Waals surface area contributed by atoms with E-state index in [-0.39, 0.29) is 11.8 Å². The Hall–Kier alpha value is -2.02. The third-order valence-electron chi connectivity index (χ3n) is 4.95. The largest absolute Gasteiger partial charge is 0.353 e. The minimum absolute atomic E-state index is 0.223. The standard InChI is InChI=1S/C20H29F2N3O2/c1-4-10-25-11-6-7-14(25)12-23-20(27)18(13(2)3)24-19(26)17-15(21)8-5-9-16(17)22/h5,8-9,13-14,18H,4,6-7,10-12H2,1-3H3,(H,23,27)(H,24,26)/t14-,18?/m0/s1. The molecule has 150 valence electrons. The van der Waals surface area contributed by atoms with Gasteiger partial charge in [-0.05, 0) is 50.4 Å². The normalized spacial score (nSPS) is 18.5. The van der Waals surface area contributed by atoms with Crippen molar-refractivity contribution in [1.82, 2.24) is 15.5 Å². The molecule has 2 atom stereocenters. The Bertz CT molecular complexity index is 646. The highest BCUT2D eigenvalue weighted by Crippen LogP contribution is 2.17. The predicted molar refractivity (Wildman–Crippen MR) is 100 cm³/mol. The smallest absolute Gasteiger partial charge is 0.257 e. The highest BCUT2D eigenvalue weighted by Gasteiger charge is 2.29. The number of nitrogens with zero attached hydrogens (tertiary/aromatic N) is 1. The summed E-state index contributed by atoms with van der Waals surface area (Å²) in [6.07, 6.45) is 3.19. The number of carbonyl (C=O) groups excluding carboxylic acids is 2. The van der Waals surface area contributed by atoms with Crippen molar-refractivity contribution in [3.05, 3.63) is 35.4 Å². The molecular weight excluding hydrogens is 352 g/mol. The van der Waals surface area contributed by atoms with Gasteiger partial charge in [-0.2, -0.15) is 0 Å². The summed E-state index contributed by atoms with van der Waals surface area (Å²) < 4.78 is 27.6. The van der Waals surface area contributed by atoms with Crippen LogP contribution in [0.5, 0.6) is 0 Å². The molecule has 1 aromatic rings. The van der Waals surface area contributed by atoms with Crippen molar-refractivity contribution in [3.63, 3.8) is 0 Å². The summed E-state index contributed by atoms with van der Waals surface area (Å²) in [5.74, 6) is -3.38. The van der Waals surface area contributed by atoms with Gasteiger partial charge in [0.25, 0.3) is 5.91 Å². The van der Waals surface area contributed by atoms with Crippen LogP contribution in [0, 0.1) is 17.6 Å². The molecule has 0 saturated carbocycles. The molecule has 1 fully saturated rings. The first-order chi connectivity index (χ1) is 12.8. The van der Waals surface area contributed by atoms with Crippen LogP contribution in [-0.4, -0.2) is 48.4 Å². The van der Waals surface area contributed by atoms with E-state index in [0.717, 1.165) is 44.5 Å². The van der Waals surface area contributed by atoms with E-state index in [1.807, 2.05) is 0 Å². The van der Waals surface area contributed by atoms with Gasteiger partial charge in [0.15, 0.2) is 0 Å². The average Bonchev–Trinajstić information content (AvgIpc) is 3.04. The molecule has 1 heterocycles. The molecule has 2 N–H and O–H groups in total. The van der Waals surface area contributed by atoms with E-state index in [0.29, 0.717) is 12.6 Å². The molecular formula is C20H29F2N3O2. The Labute approximate surface area is 159 Å². The molecule has 2 rings (SSSR count). The highest BCUT2D eigenvalue weighted by molar-refractivity contribution is 5.98. The van der Waals surface area contributed by atoms with Gasteiger partial charge in [0, 0.05) is 12.6 Å². The number of nitrogens with one attached hydrogen (secondary N) is 2. The van der Waals surface area contributed by atoms with Crippen LogP contribution in [0.25, 0.3) is 0 Å². The van der Waals surface area contributed by atoms with E-state index in [2.05, 4.69) is 22.5 Å². The van der Waals surface area contributed by atoms with E-state index in [9.17, 15) is 18.4 Å². The van der Waals surface area contributed by atoms with Gasteiger partial charge in [0.2, 0.25) is 5.91 Å². The Morgan fingerprint density at radius 2 is 1.93 bits per heavy atom. The SMILES string of the molecule is CCCN1CCC[C@H]1CNC(=O)C(NC(=O)c1c(F)cccc1F)C(C)C. The Morgan fingerprint density at radius 3 is 2.52 bits per heavy atom. The predicted octanol–water partition coefficient (Wildman–Crippen LogP) is 2.71. The first-order valence-corrected chi connectivity index (χ1v) is 9.61. The molecule has 1 aliphatic rings. The highest BCUT2D eigenvalue weighted by atomic mass is 19.1. The molecule has 0 spiro atoms. The molecule has 5 nitrogen and oxygen atoms in total. The van der Waals surface area contributed by atoms with Crippen LogP contribution in [0.1, 0.15) is 50.4 Å². The zero-order valence-electron chi connectivity index (χ0n) is 16.2. The van der Waals surface area contributed by atoms with Crippen molar-refractivity contribution < 1.29 is 18.4 Å². The molecule has 27 heavy (non-hydrogen) atoms. The topological polar surface area (TPSA) is 61.4 Å². The Morgan fingerprint density at radius 1 is 1.26 bits per heavy atom. The second kappa shape index (κ2) is 9.78. The van der Waals surface area contributed by atoms with Gasteiger partial charge in [-0.3, -0.25) is 14.5 Å². The maximum Gasteiger partial charge on any atom is 0.257 e. The van der Waals surface area contributed by atoms with Crippen LogP contribution in [-0.2, 0) is 4.79 Å². The molecule has 1 unspecified atom stereocenters. The maximum atomic E-state index is 13.8. The third kappa shape index (κ3) is 5.48. The van der Waals surface area contributed by atoms with E-state index in [1.165, 1.54) is 6.07 Å². The van der Waals surface area contributed by atoms with Crippen molar-refractivity contribution in [3.8, 4) is 0 Å². The summed E-state index contributed by atoms with van der Waals surface area (Å²) in [7, 11) is 0. The Balaban J connectivity index is 2.00. The number of carbonyl (C=O) groups is 2. The zero-order valence-corrected chi connectivity index (χ0v) is 16.2. The van der Waals surface area contributed by atoms with Crippen molar-refractivity contribution in [2.45, 2.75) is 52.1 Å². The van der Waals surface area contributed by atoms with E-state index < -0.39 is 29.1 Å². The lowest BCUT2D eigenvalue weighted by molar-refractivity contribution is -0.124. The number of hydrogen-bond donors (Lipinski definition) is 2. The summed E-state index contributed by atoms with van der Waals surface area (Å²) in [4.78, 5) is 27.3. The van der Waals surface area contributed by atoms with Crippen molar-refractivity contribution >= 4 is 11.8 Å². The second-order valence-electron chi connectivity index (χ2n) is 7.37. The van der Waals surface area contributed by atoms with Gasteiger partial charge < -0.3 is 10.6 Å². The quantitative estimate of drug-likeness (QED) is 0.728. The molecule has 7 heteroatoms. The fourth-order valence-electron chi connectivity index (χ4n) is 3.50. The van der Waals surface area contributed by atoms with Gasteiger partial charge in [0.1, 0.15) is 23.2 Å². The van der Waals surface area contributed by atoms with Crippen LogP contribution < -0.4 is 10.6 Å². The summed E-state index contributed by atoms with van der Waals surface area (Å²) >= 11 is 0. The van der Waals surface area contributed by atoms with Crippen LogP contribution in [0.3, 0.4) is 0 Å². The van der Waals surface area contributed by atoms with Crippen molar-refractivity contribution in [2.75, 3.05) is 19.6 Å². The van der Waals surface area contributed by atoms with Gasteiger partial charge in [-0.1, -0.05) is 26.8 Å². The van der Waals surface area contributed by atoms with Gasteiger partial charge in [0.05, 0.1) is 0 Å². The minimum Gasteiger partial charge on any atom is -0.353 e. The van der Waals surface area contributed by atoms with E-state index in [1.54, 1.807) is 13.8 Å². The number of benzene rings is 1. The van der Waals surface area contributed by atoms with Crippen LogP contribution in [0.2, 0.25) is 0 Å². The van der Waals surface area contributed by atoms with E-state index in [4.69, 9.17) is 0 Å². The van der Waals surface area contributed by atoms with Crippen LogP contribution >= 0.6 is 0 Å². The summed E-state index contributed by atoms with van der Waals surface area (Å²) in [5, 5.41) is 5.38. The van der Waals surface area contributed by atoms with Crippen molar-refractivity contribution in [1.29, 1.82) is 0 Å². The lowest BCUT2D eigenvalue weighted by atomic mass is 10.0. The number of halogens is 2. The number of rotatable bonds is 8. The molecule has 1 saturated heterocycles. The average molecular weight is 381 g/mol. The number of hydrogen-bond acceptors (Lipinski definition) is 3. The molecule has 1 aliphatic heterocycles. The zero-order chi connectivity index (χ0) is 20.0. The maximum absolute atomic E-state index is 13.8. The fraction of sp³-hybridized carbons (Fsp3) is 0.600. The lowest BCUT2D eigenvalue weighted by Gasteiger charge is -2.26. The molecule has 0 aromatic heterocycles. The van der Waals surface area contributed by atoms with Gasteiger partial charge >= 0.3 is 0 Å². The molecule has 1 aromatic carbocycles. The number of likely N-dealkylation sites (tertiary alicyclic amines) is 1. The summed E-state index contributed by atoms with van der Waals surface area (Å²) in [5.41, 5.74) is -0.666. The fourth-order valence-corrected chi connectivity index (χ4v) is 3.50. The van der Waals surface area contributed by atoms with Crippen molar-refractivity contribution in [2.24, 2.45) is 5.92 Å². The molecule has 0 radical (unpaired) electrons. The number of amides is 2. The monoisotopic (exact) mass is 381 g/mol. The first-order valence-electron chi connectivity index (χ1n) is 9.61. The second-order valence-corrected chi connectivity index (χ2v) is 7.37. The first kappa shape index (κ1) is 21.3.